The molecule has 1 amide bonds. The maximum atomic E-state index is 13.3. The van der Waals surface area contributed by atoms with Crippen LogP contribution in [-0.4, -0.2) is 17.6 Å². The Labute approximate surface area is 122 Å². The van der Waals surface area contributed by atoms with Crippen LogP contribution in [0, 0.1) is 5.82 Å². The predicted molar refractivity (Wildman–Crippen MR) is 80.9 cm³/mol. The average Bonchev–Trinajstić information content (AvgIpc) is 2.47. The zero-order chi connectivity index (χ0) is 15.4. The van der Waals surface area contributed by atoms with E-state index < -0.39 is 11.7 Å². The first-order chi connectivity index (χ1) is 10.0. The van der Waals surface area contributed by atoms with Gasteiger partial charge < -0.3 is 15.7 Å². The van der Waals surface area contributed by atoms with Crippen molar-refractivity contribution in [3.05, 3.63) is 53.8 Å². The molecule has 0 unspecified atom stereocenters. The summed E-state index contributed by atoms with van der Waals surface area (Å²) in [5.41, 5.74) is 6.83. The fourth-order valence-electron chi connectivity index (χ4n) is 2.11. The van der Waals surface area contributed by atoms with Gasteiger partial charge in [-0.2, -0.15) is 0 Å². The molecule has 2 rings (SSSR count). The number of benzene rings is 2. The fourth-order valence-corrected chi connectivity index (χ4v) is 2.11. The first-order valence-corrected chi connectivity index (χ1v) is 6.69. The lowest BCUT2D eigenvalue weighted by molar-refractivity contribution is 0.0984. The highest BCUT2D eigenvalue weighted by Crippen LogP contribution is 2.27. The number of nitrogens with zero attached hydrogens (tertiary/aromatic N) is 1. The van der Waals surface area contributed by atoms with Gasteiger partial charge in [0.15, 0.2) is 0 Å². The van der Waals surface area contributed by atoms with Crippen LogP contribution in [0.3, 0.4) is 0 Å². The maximum absolute atomic E-state index is 13.3. The molecule has 4 nitrogen and oxygen atoms in total. The summed E-state index contributed by atoms with van der Waals surface area (Å²) in [4.78, 5) is 14.1. The third-order valence-corrected chi connectivity index (χ3v) is 3.11. The Morgan fingerprint density at radius 1 is 1.29 bits per heavy atom. The van der Waals surface area contributed by atoms with Crippen molar-refractivity contribution in [2.45, 2.75) is 13.3 Å². The zero-order valence-electron chi connectivity index (χ0n) is 11.7. The molecular formula is C16H17FN2O2. The Balaban J connectivity index is 2.45. The number of phenols is 1. The molecule has 0 fully saturated rings. The number of nitrogen functional groups attached to an aromatic ring is 1. The lowest BCUT2D eigenvalue weighted by atomic mass is 10.1. The summed E-state index contributed by atoms with van der Waals surface area (Å²) in [5.74, 6) is -1.31. The van der Waals surface area contributed by atoms with Gasteiger partial charge in [0.1, 0.15) is 11.6 Å². The van der Waals surface area contributed by atoms with E-state index in [-0.39, 0.29) is 11.3 Å². The molecule has 2 aromatic carbocycles. The minimum atomic E-state index is -0.575. The minimum Gasteiger partial charge on any atom is -0.507 e. The molecule has 0 bridgehead atoms. The minimum absolute atomic E-state index is 0.0771. The van der Waals surface area contributed by atoms with Crippen LogP contribution in [-0.2, 0) is 0 Å². The number of halogens is 1. The number of phenolic OH excluding ortho intramolecular Hbond substituents is 1. The number of nitrogens with two attached hydrogens (primary N) is 1. The number of hydrogen-bond donors (Lipinski definition) is 2. The van der Waals surface area contributed by atoms with E-state index in [1.807, 2.05) is 6.92 Å². The van der Waals surface area contributed by atoms with Gasteiger partial charge in [-0.05, 0) is 36.8 Å². The van der Waals surface area contributed by atoms with Crippen molar-refractivity contribution in [3.8, 4) is 5.75 Å². The van der Waals surface area contributed by atoms with Crippen LogP contribution in [0.15, 0.2) is 42.5 Å². The number of rotatable bonds is 4. The van der Waals surface area contributed by atoms with Crippen molar-refractivity contribution in [3.63, 3.8) is 0 Å². The van der Waals surface area contributed by atoms with Gasteiger partial charge in [-0.3, -0.25) is 4.79 Å². The number of hydrogen-bond acceptors (Lipinski definition) is 3. The molecule has 5 heteroatoms. The van der Waals surface area contributed by atoms with E-state index in [1.165, 1.54) is 11.0 Å². The smallest absolute Gasteiger partial charge is 0.262 e. The van der Waals surface area contributed by atoms with E-state index in [1.54, 1.807) is 24.3 Å². The van der Waals surface area contributed by atoms with E-state index in [9.17, 15) is 14.3 Å². The summed E-state index contributed by atoms with van der Waals surface area (Å²) >= 11 is 0. The van der Waals surface area contributed by atoms with Crippen LogP contribution in [0.5, 0.6) is 5.75 Å². The Hall–Kier alpha value is -2.56. The molecule has 110 valence electrons. The maximum Gasteiger partial charge on any atom is 0.262 e. The molecule has 0 aromatic heterocycles. The lowest BCUT2D eigenvalue weighted by Crippen LogP contribution is -2.32. The summed E-state index contributed by atoms with van der Waals surface area (Å²) in [7, 11) is 0. The Morgan fingerprint density at radius 3 is 2.67 bits per heavy atom. The number of anilines is 2. The highest BCUT2D eigenvalue weighted by Gasteiger charge is 2.21. The van der Waals surface area contributed by atoms with Crippen molar-refractivity contribution in [1.29, 1.82) is 0 Å². The number of para-hydroxylation sites is 2. The van der Waals surface area contributed by atoms with Crippen LogP contribution >= 0.6 is 0 Å². The van der Waals surface area contributed by atoms with E-state index >= 15 is 0 Å². The zero-order valence-corrected chi connectivity index (χ0v) is 11.7. The molecule has 0 radical (unpaired) electrons. The van der Waals surface area contributed by atoms with E-state index in [2.05, 4.69) is 0 Å². The Bertz CT molecular complexity index is 658. The van der Waals surface area contributed by atoms with E-state index in [0.717, 1.165) is 12.1 Å². The highest BCUT2D eigenvalue weighted by molar-refractivity contribution is 6.09. The predicted octanol–water partition coefficient (Wildman–Crippen LogP) is 3.17. The first-order valence-electron chi connectivity index (χ1n) is 6.69. The second-order valence-corrected chi connectivity index (χ2v) is 4.68. The van der Waals surface area contributed by atoms with Gasteiger partial charge in [-0.15, -0.1) is 0 Å². The molecule has 3 N–H and O–H groups in total. The van der Waals surface area contributed by atoms with Crippen LogP contribution in [0.4, 0.5) is 15.8 Å². The van der Waals surface area contributed by atoms with Crippen molar-refractivity contribution in [1.82, 2.24) is 0 Å². The second kappa shape index (κ2) is 6.26. The third kappa shape index (κ3) is 3.13. The third-order valence-electron chi connectivity index (χ3n) is 3.11. The molecular weight excluding hydrogens is 271 g/mol. The number of amides is 1. The SMILES string of the molecule is CCCN(C(=O)c1cc(F)ccc1O)c1ccccc1N. The lowest BCUT2D eigenvalue weighted by Gasteiger charge is -2.24. The Morgan fingerprint density at radius 2 is 2.00 bits per heavy atom. The molecule has 0 spiro atoms. The molecule has 21 heavy (non-hydrogen) atoms. The van der Waals surface area contributed by atoms with Gasteiger partial charge >= 0.3 is 0 Å². The molecule has 2 aromatic rings. The van der Waals surface area contributed by atoms with Crippen LogP contribution in [0.1, 0.15) is 23.7 Å². The quantitative estimate of drug-likeness (QED) is 0.849. The largest absolute Gasteiger partial charge is 0.507 e. The molecule has 0 atom stereocenters. The Kier molecular flexibility index (Phi) is 4.42. The van der Waals surface area contributed by atoms with Gasteiger partial charge in [0.05, 0.1) is 16.9 Å². The normalized spacial score (nSPS) is 10.4. The van der Waals surface area contributed by atoms with Gasteiger partial charge in [0, 0.05) is 6.54 Å². The standard InChI is InChI=1S/C16H17FN2O2/c1-2-9-19(14-6-4-3-5-13(14)18)16(21)12-10-11(17)7-8-15(12)20/h3-8,10,20H,2,9,18H2,1H3. The van der Waals surface area contributed by atoms with Crippen molar-refractivity contribution >= 4 is 17.3 Å². The van der Waals surface area contributed by atoms with Crippen LogP contribution < -0.4 is 10.6 Å². The average molecular weight is 288 g/mol. The number of carbonyl (C=O) groups is 1. The first kappa shape index (κ1) is 14.8. The van der Waals surface area contributed by atoms with E-state index in [4.69, 9.17) is 5.73 Å². The molecule has 0 saturated carbocycles. The number of aromatic hydroxyl groups is 1. The summed E-state index contributed by atoms with van der Waals surface area (Å²) in [6.45, 7) is 2.34. The highest BCUT2D eigenvalue weighted by atomic mass is 19.1. The summed E-state index contributed by atoms with van der Waals surface area (Å²) < 4.78 is 13.3. The van der Waals surface area contributed by atoms with Gasteiger partial charge in [-0.1, -0.05) is 19.1 Å². The van der Waals surface area contributed by atoms with E-state index in [0.29, 0.717) is 24.3 Å². The monoisotopic (exact) mass is 288 g/mol. The second-order valence-electron chi connectivity index (χ2n) is 4.68. The van der Waals surface area contributed by atoms with Crippen LogP contribution in [0.25, 0.3) is 0 Å². The fraction of sp³-hybridized carbons (Fsp3) is 0.188. The molecule has 0 heterocycles. The topological polar surface area (TPSA) is 66.6 Å². The van der Waals surface area contributed by atoms with Crippen LogP contribution in [0.2, 0.25) is 0 Å². The summed E-state index contributed by atoms with van der Waals surface area (Å²) in [5, 5.41) is 9.79. The van der Waals surface area contributed by atoms with Crippen molar-refractivity contribution in [2.75, 3.05) is 17.2 Å². The summed E-state index contributed by atoms with van der Waals surface area (Å²) in [6.07, 6.45) is 0.705. The van der Waals surface area contributed by atoms with Gasteiger partial charge in [0.2, 0.25) is 0 Å². The van der Waals surface area contributed by atoms with Gasteiger partial charge in [0.25, 0.3) is 5.91 Å². The molecule has 0 aliphatic heterocycles. The van der Waals surface area contributed by atoms with Crippen molar-refractivity contribution in [2.24, 2.45) is 0 Å². The molecule has 0 aliphatic rings. The van der Waals surface area contributed by atoms with Gasteiger partial charge in [-0.25, -0.2) is 4.39 Å². The molecule has 0 aliphatic carbocycles. The molecule has 0 saturated heterocycles. The number of carbonyl (C=O) groups excluding carboxylic acids is 1. The summed E-state index contributed by atoms with van der Waals surface area (Å²) in [6, 6.07) is 10.3. The van der Waals surface area contributed by atoms with Crippen molar-refractivity contribution < 1.29 is 14.3 Å².